The van der Waals surface area contributed by atoms with Gasteiger partial charge in [0.25, 0.3) is 0 Å². The van der Waals surface area contributed by atoms with E-state index in [1.807, 2.05) is 12.1 Å². The molecule has 15 heavy (non-hydrogen) atoms. The normalized spacial score (nSPS) is 9.40. The van der Waals surface area contributed by atoms with Gasteiger partial charge < -0.3 is 0 Å². The predicted molar refractivity (Wildman–Crippen MR) is 71.0 cm³/mol. The summed E-state index contributed by atoms with van der Waals surface area (Å²) in [6.07, 6.45) is 4.67. The highest BCUT2D eigenvalue weighted by Crippen LogP contribution is 2.22. The molecule has 0 aliphatic heterocycles. The van der Waals surface area contributed by atoms with Crippen molar-refractivity contribution < 1.29 is 0 Å². The Kier molecular flexibility index (Phi) is 8.94. The van der Waals surface area contributed by atoms with E-state index in [1.54, 1.807) is 6.07 Å². The molecule has 86 valence electrons. The van der Waals surface area contributed by atoms with Crippen LogP contribution >= 0.6 is 23.2 Å². The molecule has 0 aromatic heterocycles. The number of hydrogen-bond acceptors (Lipinski definition) is 0. The van der Waals surface area contributed by atoms with Gasteiger partial charge in [0.15, 0.2) is 0 Å². The first-order chi connectivity index (χ1) is 7.15. The lowest BCUT2D eigenvalue weighted by atomic mass is 10.1. The molecular weight excluding hydrogens is 227 g/mol. The molecule has 0 amide bonds. The van der Waals surface area contributed by atoms with Gasteiger partial charge in [-0.3, -0.25) is 0 Å². The monoisotopic (exact) mass is 246 g/mol. The Hall–Kier alpha value is -0.200. The van der Waals surface area contributed by atoms with Crippen molar-refractivity contribution in [3.8, 4) is 0 Å². The maximum absolute atomic E-state index is 5.98. The molecular formula is C13H20Cl2. The molecule has 0 aliphatic rings. The van der Waals surface area contributed by atoms with Crippen LogP contribution in [0.15, 0.2) is 18.2 Å². The van der Waals surface area contributed by atoms with Crippen LogP contribution in [-0.2, 0) is 6.42 Å². The van der Waals surface area contributed by atoms with Crippen molar-refractivity contribution in [3.63, 3.8) is 0 Å². The largest absolute Gasteiger partial charge is 0.0843 e. The van der Waals surface area contributed by atoms with Crippen LogP contribution in [0.2, 0.25) is 10.0 Å². The highest BCUT2D eigenvalue weighted by molar-refractivity contribution is 6.35. The molecule has 1 rings (SSSR count). The molecule has 1 aromatic carbocycles. The molecule has 0 radical (unpaired) electrons. The lowest BCUT2D eigenvalue weighted by molar-refractivity contribution is 0.795. The molecule has 0 spiro atoms. The van der Waals surface area contributed by atoms with Gasteiger partial charge in [-0.15, -0.1) is 0 Å². The van der Waals surface area contributed by atoms with Crippen LogP contribution in [0.1, 0.15) is 45.6 Å². The van der Waals surface area contributed by atoms with E-state index in [1.165, 1.54) is 24.8 Å². The summed E-state index contributed by atoms with van der Waals surface area (Å²) in [4.78, 5) is 0. The summed E-state index contributed by atoms with van der Waals surface area (Å²) >= 11 is 11.7. The Morgan fingerprint density at radius 2 is 1.67 bits per heavy atom. The Bertz CT molecular complexity index is 269. The van der Waals surface area contributed by atoms with E-state index in [-0.39, 0.29) is 0 Å². The zero-order chi connectivity index (χ0) is 11.7. The van der Waals surface area contributed by atoms with Crippen molar-refractivity contribution in [2.45, 2.75) is 46.5 Å². The minimum atomic E-state index is 0.709. The molecule has 0 nitrogen and oxygen atoms in total. The van der Waals surface area contributed by atoms with Crippen molar-refractivity contribution in [2.24, 2.45) is 0 Å². The van der Waals surface area contributed by atoms with E-state index in [0.717, 1.165) is 11.4 Å². The maximum atomic E-state index is 5.98. The second-order valence-corrected chi connectivity index (χ2v) is 4.39. The van der Waals surface area contributed by atoms with E-state index in [4.69, 9.17) is 23.2 Å². The topological polar surface area (TPSA) is 0 Å². The number of hydrogen-bond donors (Lipinski definition) is 0. The fraction of sp³-hybridized carbons (Fsp3) is 0.538. The first kappa shape index (κ1) is 14.8. The Labute approximate surface area is 104 Å². The van der Waals surface area contributed by atoms with Crippen molar-refractivity contribution in [1.82, 2.24) is 0 Å². The predicted octanol–water partition coefficient (Wildman–Crippen LogP) is 5.75. The van der Waals surface area contributed by atoms with Crippen molar-refractivity contribution in [3.05, 3.63) is 33.8 Å². The van der Waals surface area contributed by atoms with Gasteiger partial charge in [-0.1, -0.05) is 62.9 Å². The lowest BCUT2D eigenvalue weighted by Crippen LogP contribution is -1.85. The van der Waals surface area contributed by atoms with Crippen LogP contribution in [0.5, 0.6) is 0 Å². The van der Waals surface area contributed by atoms with Crippen LogP contribution in [-0.4, -0.2) is 0 Å². The number of halogens is 2. The molecule has 0 atom stereocenters. The second-order valence-electron chi connectivity index (χ2n) is 3.55. The Morgan fingerprint density at radius 3 is 2.13 bits per heavy atom. The number of rotatable bonds is 3. The number of benzene rings is 1. The molecule has 1 aromatic rings. The van der Waals surface area contributed by atoms with E-state index < -0.39 is 0 Å². The summed E-state index contributed by atoms with van der Waals surface area (Å²) in [6, 6.07) is 5.69. The highest BCUT2D eigenvalue weighted by Gasteiger charge is 1.99. The lowest BCUT2D eigenvalue weighted by Gasteiger charge is -2.02. The molecule has 2 heteroatoms. The average Bonchev–Trinajstić information content (AvgIpc) is 2.18. The second kappa shape index (κ2) is 9.06. The fourth-order valence-electron chi connectivity index (χ4n) is 1.09. The summed E-state index contributed by atoms with van der Waals surface area (Å²) in [6.45, 7) is 6.42. The fourth-order valence-corrected chi connectivity index (χ4v) is 1.59. The molecule has 0 unspecified atom stereocenters. The van der Waals surface area contributed by atoms with Crippen LogP contribution in [0.3, 0.4) is 0 Å². The van der Waals surface area contributed by atoms with Gasteiger partial charge in [0.2, 0.25) is 0 Å². The van der Waals surface area contributed by atoms with Gasteiger partial charge in [0.05, 0.1) is 0 Å². The maximum Gasteiger partial charge on any atom is 0.0452 e. The third-order valence-corrected chi connectivity index (χ3v) is 2.40. The molecule has 0 heterocycles. The van der Waals surface area contributed by atoms with Gasteiger partial charge in [0, 0.05) is 10.0 Å². The molecule has 0 saturated heterocycles. The summed E-state index contributed by atoms with van der Waals surface area (Å²) in [5.41, 5.74) is 1.20. The standard InChI is InChI=1S/C10H12Cl2.C3H8/c1-2-3-4-8-5-6-9(11)7-10(8)12;1-3-2/h5-7H,2-4H2,1H3;3H2,1-2H3. The number of unbranched alkanes of at least 4 members (excludes halogenated alkanes) is 1. The minimum Gasteiger partial charge on any atom is -0.0843 e. The SMILES string of the molecule is CCC.CCCCc1ccc(Cl)cc1Cl. The first-order valence-electron chi connectivity index (χ1n) is 5.59. The summed E-state index contributed by atoms with van der Waals surface area (Å²) < 4.78 is 0. The van der Waals surface area contributed by atoms with E-state index in [2.05, 4.69) is 20.8 Å². The molecule has 0 saturated carbocycles. The van der Waals surface area contributed by atoms with Crippen LogP contribution in [0.25, 0.3) is 0 Å². The van der Waals surface area contributed by atoms with Gasteiger partial charge in [0.1, 0.15) is 0 Å². The zero-order valence-corrected chi connectivity index (χ0v) is 11.3. The van der Waals surface area contributed by atoms with Gasteiger partial charge in [-0.25, -0.2) is 0 Å². The molecule has 0 aliphatic carbocycles. The number of aryl methyl sites for hydroxylation is 1. The summed E-state index contributed by atoms with van der Waals surface area (Å²) in [5.74, 6) is 0. The van der Waals surface area contributed by atoms with E-state index >= 15 is 0 Å². The van der Waals surface area contributed by atoms with E-state index in [9.17, 15) is 0 Å². The highest BCUT2D eigenvalue weighted by atomic mass is 35.5. The minimum absolute atomic E-state index is 0.709. The quantitative estimate of drug-likeness (QED) is 0.637. The Balaban J connectivity index is 0.000000583. The van der Waals surface area contributed by atoms with Crippen molar-refractivity contribution in [1.29, 1.82) is 0 Å². The van der Waals surface area contributed by atoms with Crippen molar-refractivity contribution in [2.75, 3.05) is 0 Å². The first-order valence-corrected chi connectivity index (χ1v) is 6.35. The summed E-state index contributed by atoms with van der Waals surface area (Å²) in [7, 11) is 0. The molecule has 0 bridgehead atoms. The third kappa shape index (κ3) is 6.81. The smallest absolute Gasteiger partial charge is 0.0452 e. The van der Waals surface area contributed by atoms with Crippen molar-refractivity contribution >= 4 is 23.2 Å². The van der Waals surface area contributed by atoms with Gasteiger partial charge in [-0.2, -0.15) is 0 Å². The zero-order valence-electron chi connectivity index (χ0n) is 9.82. The van der Waals surface area contributed by atoms with Crippen LogP contribution in [0, 0.1) is 0 Å². The van der Waals surface area contributed by atoms with Gasteiger partial charge >= 0.3 is 0 Å². The molecule has 0 N–H and O–H groups in total. The average molecular weight is 247 g/mol. The third-order valence-electron chi connectivity index (χ3n) is 1.81. The molecule has 0 fully saturated rings. The summed E-state index contributed by atoms with van der Waals surface area (Å²) in [5, 5.41) is 1.50. The van der Waals surface area contributed by atoms with Gasteiger partial charge in [-0.05, 0) is 30.5 Å². The van der Waals surface area contributed by atoms with Crippen LogP contribution in [0.4, 0.5) is 0 Å². The Morgan fingerprint density at radius 1 is 1.07 bits per heavy atom. The van der Waals surface area contributed by atoms with E-state index in [0.29, 0.717) is 5.02 Å². The van der Waals surface area contributed by atoms with Crippen LogP contribution < -0.4 is 0 Å².